The van der Waals surface area contributed by atoms with Gasteiger partial charge >= 0.3 is 12.2 Å². The summed E-state index contributed by atoms with van der Waals surface area (Å²) in [6.45, 7) is 2.03. The SMILES string of the molecule is CNC(=O)OCC[C@]1(c2ccc(F)cc2)CCN([C@@H](C)c2ccc(-c3ccc(F)cc3)c(F)c2)C(=O)O1. The molecule has 0 spiro atoms. The monoisotopic (exact) mass is 512 g/mol. The lowest BCUT2D eigenvalue weighted by atomic mass is 9.85. The normalized spacial score (nSPS) is 18.2. The first-order valence-corrected chi connectivity index (χ1v) is 11.9. The Labute approximate surface area is 213 Å². The molecule has 1 N–H and O–H groups in total. The number of alkyl carbamates (subject to hydrolysis) is 1. The van der Waals surface area contributed by atoms with E-state index in [0.29, 0.717) is 28.7 Å². The quantitative estimate of drug-likeness (QED) is 0.403. The molecule has 2 amide bonds. The zero-order valence-electron chi connectivity index (χ0n) is 20.5. The van der Waals surface area contributed by atoms with Gasteiger partial charge in [0.25, 0.3) is 0 Å². The van der Waals surface area contributed by atoms with Crippen LogP contribution in [0.15, 0.2) is 66.7 Å². The summed E-state index contributed by atoms with van der Waals surface area (Å²) in [6, 6.07) is 15.4. The second-order valence-corrected chi connectivity index (χ2v) is 8.87. The van der Waals surface area contributed by atoms with Crippen LogP contribution < -0.4 is 5.32 Å². The van der Waals surface area contributed by atoms with Crippen LogP contribution in [0.25, 0.3) is 11.1 Å². The van der Waals surface area contributed by atoms with E-state index >= 15 is 0 Å². The van der Waals surface area contributed by atoms with Crippen molar-refractivity contribution >= 4 is 12.2 Å². The van der Waals surface area contributed by atoms with Crippen LogP contribution in [-0.2, 0) is 15.1 Å². The fourth-order valence-electron chi connectivity index (χ4n) is 4.51. The summed E-state index contributed by atoms with van der Waals surface area (Å²) in [4.78, 5) is 26.2. The Bertz CT molecular complexity index is 1270. The average molecular weight is 513 g/mol. The maximum atomic E-state index is 15.0. The number of carbonyl (C=O) groups is 2. The topological polar surface area (TPSA) is 67.9 Å². The van der Waals surface area contributed by atoms with Crippen molar-refractivity contribution in [2.24, 2.45) is 0 Å². The number of hydrogen-bond donors (Lipinski definition) is 1. The first-order chi connectivity index (χ1) is 17.7. The third-order valence-electron chi connectivity index (χ3n) is 6.69. The van der Waals surface area contributed by atoms with E-state index < -0.39 is 41.3 Å². The lowest BCUT2D eigenvalue weighted by Gasteiger charge is -2.43. The highest BCUT2D eigenvalue weighted by atomic mass is 19.1. The fourth-order valence-corrected chi connectivity index (χ4v) is 4.51. The van der Waals surface area contributed by atoms with E-state index in [4.69, 9.17) is 9.47 Å². The van der Waals surface area contributed by atoms with Crippen molar-refractivity contribution < 1.29 is 32.2 Å². The molecular formula is C28H27F3N2O4. The summed E-state index contributed by atoms with van der Waals surface area (Å²) >= 11 is 0. The summed E-state index contributed by atoms with van der Waals surface area (Å²) in [5.74, 6) is -1.33. The van der Waals surface area contributed by atoms with Crippen molar-refractivity contribution in [1.82, 2.24) is 10.2 Å². The molecule has 0 aromatic heterocycles. The number of halogens is 3. The minimum absolute atomic E-state index is 0.0179. The third-order valence-corrected chi connectivity index (χ3v) is 6.69. The van der Waals surface area contributed by atoms with Crippen molar-refractivity contribution in [1.29, 1.82) is 0 Å². The zero-order valence-corrected chi connectivity index (χ0v) is 20.5. The average Bonchev–Trinajstić information content (AvgIpc) is 2.89. The number of nitrogens with one attached hydrogen (secondary N) is 1. The Balaban J connectivity index is 1.53. The van der Waals surface area contributed by atoms with E-state index in [1.807, 2.05) is 0 Å². The Morgan fingerprint density at radius 1 is 1.05 bits per heavy atom. The van der Waals surface area contributed by atoms with Gasteiger partial charge in [-0.3, -0.25) is 0 Å². The van der Waals surface area contributed by atoms with E-state index in [-0.39, 0.29) is 19.6 Å². The zero-order chi connectivity index (χ0) is 26.6. The van der Waals surface area contributed by atoms with E-state index in [9.17, 15) is 22.8 Å². The highest BCUT2D eigenvalue weighted by Gasteiger charge is 2.43. The number of rotatable bonds is 7. The Morgan fingerprint density at radius 2 is 1.70 bits per heavy atom. The summed E-state index contributed by atoms with van der Waals surface area (Å²) in [5, 5.41) is 2.36. The Kier molecular flexibility index (Phi) is 7.71. The number of ether oxygens (including phenoxy) is 2. The molecule has 0 radical (unpaired) electrons. The molecular weight excluding hydrogens is 485 g/mol. The molecule has 1 fully saturated rings. The third kappa shape index (κ3) is 5.71. The molecule has 1 saturated heterocycles. The highest BCUT2D eigenvalue weighted by Crippen LogP contribution is 2.40. The molecule has 0 bridgehead atoms. The Hall–Kier alpha value is -4.01. The molecule has 0 aliphatic carbocycles. The lowest BCUT2D eigenvalue weighted by Crippen LogP contribution is -2.49. The van der Waals surface area contributed by atoms with E-state index in [1.54, 1.807) is 31.2 Å². The molecule has 1 aliphatic heterocycles. The van der Waals surface area contributed by atoms with E-state index in [2.05, 4.69) is 5.32 Å². The van der Waals surface area contributed by atoms with Crippen molar-refractivity contribution in [2.45, 2.75) is 31.4 Å². The van der Waals surface area contributed by atoms with Gasteiger partial charge in [-0.25, -0.2) is 22.8 Å². The van der Waals surface area contributed by atoms with Crippen molar-refractivity contribution in [3.63, 3.8) is 0 Å². The van der Waals surface area contributed by atoms with Gasteiger partial charge < -0.3 is 19.7 Å². The van der Waals surface area contributed by atoms with Gasteiger partial charge in [0.15, 0.2) is 0 Å². The van der Waals surface area contributed by atoms with Gasteiger partial charge in [-0.2, -0.15) is 0 Å². The van der Waals surface area contributed by atoms with Gasteiger partial charge in [0, 0.05) is 32.0 Å². The molecule has 1 aliphatic rings. The summed E-state index contributed by atoms with van der Waals surface area (Å²) < 4.78 is 52.8. The predicted octanol–water partition coefficient (Wildman–Crippen LogP) is 6.32. The van der Waals surface area contributed by atoms with Gasteiger partial charge in [0.2, 0.25) is 0 Å². The van der Waals surface area contributed by atoms with E-state index in [0.717, 1.165) is 0 Å². The summed E-state index contributed by atoms with van der Waals surface area (Å²) in [7, 11) is 1.44. The molecule has 4 rings (SSSR count). The van der Waals surface area contributed by atoms with Crippen LogP contribution in [-0.4, -0.2) is 37.3 Å². The summed E-state index contributed by atoms with van der Waals surface area (Å²) in [5.41, 5.74) is 0.900. The second-order valence-electron chi connectivity index (χ2n) is 8.87. The number of carbonyl (C=O) groups excluding carboxylic acids is 2. The molecule has 6 nitrogen and oxygen atoms in total. The molecule has 1 heterocycles. The van der Waals surface area contributed by atoms with Crippen LogP contribution in [0, 0.1) is 17.5 Å². The van der Waals surface area contributed by atoms with Gasteiger partial charge in [-0.15, -0.1) is 0 Å². The molecule has 2 atom stereocenters. The lowest BCUT2D eigenvalue weighted by molar-refractivity contribution is -0.0724. The van der Waals surface area contributed by atoms with Crippen LogP contribution in [0.5, 0.6) is 0 Å². The fraction of sp³-hybridized carbons (Fsp3) is 0.286. The number of benzene rings is 3. The molecule has 0 saturated carbocycles. The Morgan fingerprint density at radius 3 is 2.30 bits per heavy atom. The van der Waals surface area contributed by atoms with Gasteiger partial charge in [0.05, 0.1) is 12.6 Å². The minimum atomic E-state index is -1.12. The molecule has 194 valence electrons. The van der Waals surface area contributed by atoms with Gasteiger partial charge in [-0.1, -0.05) is 36.4 Å². The number of cyclic esters (lactones) is 1. The van der Waals surface area contributed by atoms with Crippen LogP contribution in [0.1, 0.15) is 36.9 Å². The minimum Gasteiger partial charge on any atom is -0.449 e. The number of amides is 2. The van der Waals surface area contributed by atoms with E-state index in [1.165, 1.54) is 54.4 Å². The maximum absolute atomic E-state index is 15.0. The van der Waals surface area contributed by atoms with Crippen molar-refractivity contribution in [2.75, 3.05) is 20.2 Å². The first kappa shape index (κ1) is 26.1. The molecule has 37 heavy (non-hydrogen) atoms. The van der Waals surface area contributed by atoms with Crippen LogP contribution in [0.4, 0.5) is 22.8 Å². The molecule has 9 heteroatoms. The second kappa shape index (κ2) is 10.9. The molecule has 3 aromatic carbocycles. The standard InChI is InChI=1S/C28H27F3N2O4/c1-18(20-5-12-24(25(31)17-20)19-3-8-22(29)9-4-19)33-15-13-28(37-27(33)35,14-16-36-26(34)32-2)21-6-10-23(30)11-7-21/h3-12,17-18H,13-16H2,1-2H3,(H,32,34)/t18-,28-/m0/s1. The first-order valence-electron chi connectivity index (χ1n) is 11.9. The number of nitrogens with zero attached hydrogens (tertiary/aromatic N) is 1. The number of hydrogen-bond acceptors (Lipinski definition) is 4. The highest BCUT2D eigenvalue weighted by molar-refractivity contribution is 5.71. The van der Waals surface area contributed by atoms with Crippen molar-refractivity contribution in [3.8, 4) is 11.1 Å². The summed E-state index contributed by atoms with van der Waals surface area (Å²) in [6.07, 6.45) is -0.702. The van der Waals surface area contributed by atoms with Gasteiger partial charge in [-0.05, 0) is 53.9 Å². The molecule has 3 aromatic rings. The predicted molar refractivity (Wildman–Crippen MR) is 131 cm³/mol. The largest absolute Gasteiger partial charge is 0.449 e. The van der Waals surface area contributed by atoms with Crippen LogP contribution in [0.2, 0.25) is 0 Å². The van der Waals surface area contributed by atoms with Gasteiger partial charge in [0.1, 0.15) is 23.1 Å². The van der Waals surface area contributed by atoms with Crippen molar-refractivity contribution in [3.05, 3.63) is 95.3 Å². The van der Waals surface area contributed by atoms with Crippen LogP contribution in [0.3, 0.4) is 0 Å². The smallest absolute Gasteiger partial charge is 0.411 e. The maximum Gasteiger partial charge on any atom is 0.411 e. The van der Waals surface area contributed by atoms with Crippen LogP contribution >= 0.6 is 0 Å². The molecule has 0 unspecified atom stereocenters.